The van der Waals surface area contributed by atoms with Gasteiger partial charge in [0.1, 0.15) is 11.6 Å². The lowest BCUT2D eigenvalue weighted by molar-refractivity contribution is -0.119. The second-order valence-electron chi connectivity index (χ2n) is 9.20. The Kier molecular flexibility index (Phi) is 5.12. The lowest BCUT2D eigenvalue weighted by Crippen LogP contribution is -2.34. The van der Waals surface area contributed by atoms with Crippen molar-refractivity contribution in [2.75, 3.05) is 11.4 Å². The Morgan fingerprint density at radius 3 is 2.61 bits per heavy atom. The third-order valence-electron chi connectivity index (χ3n) is 6.55. The van der Waals surface area contributed by atoms with Crippen molar-refractivity contribution in [1.82, 2.24) is 14.5 Å². The highest BCUT2D eigenvalue weighted by atomic mass is 16.1. The molecule has 1 saturated carbocycles. The van der Waals surface area contributed by atoms with Gasteiger partial charge >= 0.3 is 0 Å². The zero-order chi connectivity index (χ0) is 21.5. The van der Waals surface area contributed by atoms with Gasteiger partial charge < -0.3 is 9.47 Å². The van der Waals surface area contributed by atoms with Gasteiger partial charge in [-0.3, -0.25) is 9.78 Å². The molecule has 0 spiro atoms. The molecule has 0 atom stereocenters. The molecule has 31 heavy (non-hydrogen) atoms. The van der Waals surface area contributed by atoms with Crippen LogP contribution in [0.15, 0.2) is 42.6 Å². The minimum Gasteiger partial charge on any atom is -0.364 e. The zero-order valence-electron chi connectivity index (χ0n) is 18.6. The molecule has 5 nitrogen and oxygen atoms in total. The van der Waals surface area contributed by atoms with Crippen molar-refractivity contribution in [2.24, 2.45) is 5.92 Å². The van der Waals surface area contributed by atoms with Crippen LogP contribution in [0.2, 0.25) is 0 Å². The number of carbonyl (C=O) groups excluding carboxylic acids is 1. The number of anilines is 1. The van der Waals surface area contributed by atoms with E-state index in [1.54, 1.807) is 0 Å². The normalized spacial score (nSPS) is 15.9. The molecule has 1 aliphatic carbocycles. The number of ketones is 1. The molecule has 2 aliphatic rings. The molecule has 2 aromatic heterocycles. The van der Waals surface area contributed by atoms with E-state index in [4.69, 9.17) is 4.98 Å². The van der Waals surface area contributed by atoms with E-state index in [0.717, 1.165) is 60.8 Å². The SMILES string of the molecule is Cc1nc(-c2cccnc2C(C)C)c2n1CCN(c1ccc(CC(=O)C3CC3)cc1)C2. The number of rotatable bonds is 6. The molecule has 1 fully saturated rings. The van der Waals surface area contributed by atoms with E-state index in [1.165, 1.54) is 11.4 Å². The Morgan fingerprint density at radius 2 is 1.90 bits per heavy atom. The van der Waals surface area contributed by atoms with Crippen LogP contribution in [-0.2, 0) is 24.3 Å². The Hall–Kier alpha value is -2.95. The van der Waals surface area contributed by atoms with Crippen molar-refractivity contribution in [2.45, 2.75) is 59.0 Å². The molecule has 1 aliphatic heterocycles. The van der Waals surface area contributed by atoms with Crippen LogP contribution in [0, 0.1) is 12.8 Å². The van der Waals surface area contributed by atoms with Gasteiger partial charge in [0.2, 0.25) is 0 Å². The molecule has 1 aromatic carbocycles. The largest absolute Gasteiger partial charge is 0.364 e. The first-order chi connectivity index (χ1) is 15.0. The van der Waals surface area contributed by atoms with Crippen molar-refractivity contribution in [3.8, 4) is 11.3 Å². The summed E-state index contributed by atoms with van der Waals surface area (Å²) >= 11 is 0. The first-order valence-electron chi connectivity index (χ1n) is 11.4. The Morgan fingerprint density at radius 1 is 1.13 bits per heavy atom. The van der Waals surface area contributed by atoms with E-state index in [0.29, 0.717) is 24.0 Å². The molecule has 160 valence electrons. The van der Waals surface area contributed by atoms with Crippen LogP contribution in [-0.4, -0.2) is 26.9 Å². The first kappa shape index (κ1) is 20.0. The van der Waals surface area contributed by atoms with Crippen molar-refractivity contribution < 1.29 is 4.79 Å². The van der Waals surface area contributed by atoms with E-state index >= 15 is 0 Å². The van der Waals surface area contributed by atoms with Crippen LogP contribution in [0.5, 0.6) is 0 Å². The van der Waals surface area contributed by atoms with Crippen molar-refractivity contribution in [1.29, 1.82) is 0 Å². The average molecular weight is 415 g/mol. The van der Waals surface area contributed by atoms with E-state index in [-0.39, 0.29) is 0 Å². The third kappa shape index (κ3) is 3.89. The number of hydrogen-bond donors (Lipinski definition) is 0. The number of aromatic nitrogens is 3. The molecule has 0 amide bonds. The summed E-state index contributed by atoms with van der Waals surface area (Å²) in [7, 11) is 0. The highest BCUT2D eigenvalue weighted by Gasteiger charge is 2.29. The van der Waals surface area contributed by atoms with Crippen molar-refractivity contribution in [3.05, 3.63) is 65.4 Å². The van der Waals surface area contributed by atoms with Gasteiger partial charge in [-0.25, -0.2) is 4.98 Å². The van der Waals surface area contributed by atoms with Gasteiger partial charge in [0.15, 0.2) is 0 Å². The molecule has 0 unspecified atom stereocenters. The van der Waals surface area contributed by atoms with Crippen molar-refractivity contribution in [3.63, 3.8) is 0 Å². The Bertz CT molecular complexity index is 1110. The minimum absolute atomic E-state index is 0.326. The molecule has 3 aromatic rings. The average Bonchev–Trinajstić information content (AvgIpc) is 3.58. The van der Waals surface area contributed by atoms with E-state index < -0.39 is 0 Å². The smallest absolute Gasteiger partial charge is 0.140 e. The van der Waals surface area contributed by atoms with Gasteiger partial charge in [-0.2, -0.15) is 0 Å². The molecule has 0 bridgehead atoms. The van der Waals surface area contributed by atoms with Gasteiger partial charge in [0.05, 0.1) is 23.6 Å². The molecule has 0 saturated heterocycles. The second kappa shape index (κ2) is 7.95. The topological polar surface area (TPSA) is 51.0 Å². The number of nitrogens with zero attached hydrogens (tertiary/aromatic N) is 4. The Labute approximate surface area is 184 Å². The quantitative estimate of drug-likeness (QED) is 0.575. The van der Waals surface area contributed by atoms with Gasteiger partial charge in [-0.1, -0.05) is 26.0 Å². The fraction of sp³-hybridized carbons (Fsp3) is 0.423. The summed E-state index contributed by atoms with van der Waals surface area (Å²) in [5.41, 5.74) is 6.89. The number of benzene rings is 1. The number of pyridine rings is 1. The van der Waals surface area contributed by atoms with Gasteiger partial charge in [-0.05, 0) is 55.5 Å². The fourth-order valence-electron chi connectivity index (χ4n) is 4.64. The fourth-order valence-corrected chi connectivity index (χ4v) is 4.64. The lowest BCUT2D eigenvalue weighted by atomic mass is 10.00. The summed E-state index contributed by atoms with van der Waals surface area (Å²) in [5.74, 6) is 2.13. The number of hydrogen-bond acceptors (Lipinski definition) is 4. The van der Waals surface area contributed by atoms with Crippen LogP contribution in [0.3, 0.4) is 0 Å². The highest BCUT2D eigenvalue weighted by Crippen LogP contribution is 2.34. The van der Waals surface area contributed by atoms with Gasteiger partial charge in [0, 0.05) is 42.9 Å². The van der Waals surface area contributed by atoms with Crippen LogP contribution >= 0.6 is 0 Å². The Balaban J connectivity index is 1.41. The number of Topliss-reactive ketones (excluding diaryl/α,β-unsaturated/α-hetero) is 1. The molecule has 5 heteroatoms. The van der Waals surface area contributed by atoms with Crippen LogP contribution in [0.4, 0.5) is 5.69 Å². The van der Waals surface area contributed by atoms with Gasteiger partial charge in [-0.15, -0.1) is 0 Å². The summed E-state index contributed by atoms with van der Waals surface area (Å²) in [4.78, 5) is 24.1. The van der Waals surface area contributed by atoms with Crippen LogP contribution in [0.25, 0.3) is 11.3 Å². The van der Waals surface area contributed by atoms with Crippen LogP contribution < -0.4 is 4.90 Å². The molecule has 3 heterocycles. The molecule has 5 rings (SSSR count). The summed E-state index contributed by atoms with van der Waals surface area (Å²) in [6, 6.07) is 12.7. The summed E-state index contributed by atoms with van der Waals surface area (Å²) in [6.45, 7) is 9.16. The van der Waals surface area contributed by atoms with Crippen LogP contribution in [0.1, 0.15) is 55.4 Å². The minimum atomic E-state index is 0.326. The predicted octanol–water partition coefficient (Wildman–Crippen LogP) is 4.92. The number of imidazole rings is 1. The number of aryl methyl sites for hydroxylation is 1. The maximum atomic E-state index is 12.1. The zero-order valence-corrected chi connectivity index (χ0v) is 18.6. The summed E-state index contributed by atoms with van der Waals surface area (Å²) in [5, 5.41) is 0. The first-order valence-corrected chi connectivity index (χ1v) is 11.4. The van der Waals surface area contributed by atoms with E-state index in [1.807, 2.05) is 12.3 Å². The standard InChI is InChI=1S/C26H30N4O/c1-17(2)25-22(5-4-12-27-25)26-23-16-29(13-14-30(23)18(3)28-26)21-10-6-19(7-11-21)15-24(31)20-8-9-20/h4-7,10-12,17,20H,8-9,13-16H2,1-3H3. The number of fused-ring (bicyclic) bond motifs is 1. The molecular formula is C26H30N4O. The summed E-state index contributed by atoms with van der Waals surface area (Å²) < 4.78 is 2.35. The molecule has 0 radical (unpaired) electrons. The highest BCUT2D eigenvalue weighted by molar-refractivity contribution is 5.85. The van der Waals surface area contributed by atoms with E-state index in [2.05, 4.69) is 65.6 Å². The van der Waals surface area contributed by atoms with Gasteiger partial charge in [0.25, 0.3) is 0 Å². The third-order valence-corrected chi connectivity index (χ3v) is 6.55. The maximum absolute atomic E-state index is 12.1. The van der Waals surface area contributed by atoms with Crippen molar-refractivity contribution >= 4 is 11.5 Å². The number of carbonyl (C=O) groups is 1. The predicted molar refractivity (Wildman–Crippen MR) is 123 cm³/mol. The molecule has 0 N–H and O–H groups in total. The maximum Gasteiger partial charge on any atom is 0.140 e. The second-order valence-corrected chi connectivity index (χ2v) is 9.20. The molecular weight excluding hydrogens is 384 g/mol. The van der Waals surface area contributed by atoms with E-state index in [9.17, 15) is 4.79 Å². The summed E-state index contributed by atoms with van der Waals surface area (Å²) in [6.07, 6.45) is 4.60. The lowest BCUT2D eigenvalue weighted by Gasteiger charge is -2.31. The monoisotopic (exact) mass is 414 g/mol.